The second-order valence-corrected chi connectivity index (χ2v) is 5.81. The zero-order valence-electron chi connectivity index (χ0n) is 14.0. The molecule has 3 nitrogen and oxygen atoms in total. The van der Waals surface area contributed by atoms with Gasteiger partial charge in [-0.2, -0.15) is 0 Å². The van der Waals surface area contributed by atoms with Crippen LogP contribution in [0.2, 0.25) is 0 Å². The number of hydrogen-bond donors (Lipinski definition) is 0. The topological polar surface area (TPSA) is 21.7 Å². The molecule has 0 radical (unpaired) electrons. The molecule has 2 aromatic carbocycles. The Labute approximate surface area is 137 Å². The van der Waals surface area contributed by atoms with Gasteiger partial charge in [0.2, 0.25) is 0 Å². The summed E-state index contributed by atoms with van der Waals surface area (Å²) in [5, 5.41) is 0. The molecular formula is C19H24FNO2. The minimum atomic E-state index is -0.241. The summed E-state index contributed by atoms with van der Waals surface area (Å²) in [5.74, 6) is 1.19. The second-order valence-electron chi connectivity index (χ2n) is 5.81. The van der Waals surface area contributed by atoms with Crippen LogP contribution in [0.15, 0.2) is 42.5 Å². The van der Waals surface area contributed by atoms with Crippen LogP contribution in [0.25, 0.3) is 0 Å². The Morgan fingerprint density at radius 1 is 0.957 bits per heavy atom. The molecule has 23 heavy (non-hydrogen) atoms. The summed E-state index contributed by atoms with van der Waals surface area (Å²) in [6.45, 7) is 1.44. The number of hydrogen-bond acceptors (Lipinski definition) is 3. The summed E-state index contributed by atoms with van der Waals surface area (Å²) in [6.07, 6.45) is 2.09. The third-order valence-electron chi connectivity index (χ3n) is 3.61. The molecule has 0 aromatic heterocycles. The SMILES string of the molecule is COc1ccc(CCCN(C)C)cc1OCc1ccc(F)cc1. The van der Waals surface area contributed by atoms with Crippen molar-refractivity contribution in [2.24, 2.45) is 0 Å². The zero-order chi connectivity index (χ0) is 16.7. The molecule has 0 amide bonds. The van der Waals surface area contributed by atoms with Gasteiger partial charge in [0.25, 0.3) is 0 Å². The standard InChI is InChI=1S/C19H24FNO2/c1-21(2)12-4-5-15-8-11-18(22-3)19(13-15)23-14-16-6-9-17(20)10-7-16/h6-11,13H,4-5,12,14H2,1-3H3. The smallest absolute Gasteiger partial charge is 0.161 e. The summed E-state index contributed by atoms with van der Waals surface area (Å²) in [4.78, 5) is 2.18. The molecule has 0 bridgehead atoms. The van der Waals surface area contributed by atoms with Gasteiger partial charge in [-0.15, -0.1) is 0 Å². The van der Waals surface area contributed by atoms with E-state index in [0.29, 0.717) is 12.4 Å². The first-order valence-electron chi connectivity index (χ1n) is 7.77. The van der Waals surface area contributed by atoms with Crippen LogP contribution in [0.1, 0.15) is 17.5 Å². The Bertz CT molecular complexity index is 611. The van der Waals surface area contributed by atoms with Crippen molar-refractivity contribution in [3.05, 3.63) is 59.4 Å². The first-order valence-corrected chi connectivity index (χ1v) is 7.77. The minimum Gasteiger partial charge on any atom is -0.493 e. The molecule has 2 rings (SSSR count). The first-order chi connectivity index (χ1) is 11.1. The van der Waals surface area contributed by atoms with Crippen LogP contribution in [-0.4, -0.2) is 32.6 Å². The van der Waals surface area contributed by atoms with E-state index in [9.17, 15) is 4.39 Å². The van der Waals surface area contributed by atoms with Crippen LogP contribution in [0.3, 0.4) is 0 Å². The summed E-state index contributed by atoms with van der Waals surface area (Å²) in [5.41, 5.74) is 2.15. The number of nitrogens with zero attached hydrogens (tertiary/aromatic N) is 1. The minimum absolute atomic E-state index is 0.241. The summed E-state index contributed by atoms with van der Waals surface area (Å²) < 4.78 is 24.2. The molecule has 0 spiro atoms. The second kappa shape index (κ2) is 8.53. The van der Waals surface area contributed by atoms with Gasteiger partial charge in [-0.25, -0.2) is 4.39 Å². The van der Waals surface area contributed by atoms with E-state index >= 15 is 0 Å². The van der Waals surface area contributed by atoms with Crippen LogP contribution >= 0.6 is 0 Å². The number of methoxy groups -OCH3 is 1. The number of ether oxygens (including phenoxy) is 2. The van der Waals surface area contributed by atoms with Crippen molar-refractivity contribution in [1.82, 2.24) is 4.90 Å². The van der Waals surface area contributed by atoms with E-state index in [4.69, 9.17) is 9.47 Å². The molecular weight excluding hydrogens is 293 g/mol. The fraction of sp³-hybridized carbons (Fsp3) is 0.368. The van der Waals surface area contributed by atoms with Crippen LogP contribution in [0, 0.1) is 5.82 Å². The van der Waals surface area contributed by atoms with E-state index in [1.165, 1.54) is 17.7 Å². The van der Waals surface area contributed by atoms with E-state index < -0.39 is 0 Å². The van der Waals surface area contributed by atoms with E-state index in [0.717, 1.165) is 30.7 Å². The van der Waals surface area contributed by atoms with Gasteiger partial charge < -0.3 is 14.4 Å². The third-order valence-corrected chi connectivity index (χ3v) is 3.61. The Balaban J connectivity index is 2.01. The van der Waals surface area contributed by atoms with Crippen LogP contribution in [0.5, 0.6) is 11.5 Å². The van der Waals surface area contributed by atoms with Crippen molar-refractivity contribution in [2.75, 3.05) is 27.7 Å². The molecule has 0 N–H and O–H groups in total. The van der Waals surface area contributed by atoms with E-state index in [-0.39, 0.29) is 5.82 Å². The Hall–Kier alpha value is -2.07. The Morgan fingerprint density at radius 3 is 2.30 bits per heavy atom. The highest BCUT2D eigenvalue weighted by Gasteiger charge is 2.07. The van der Waals surface area contributed by atoms with Gasteiger partial charge in [0.15, 0.2) is 11.5 Å². The molecule has 0 aliphatic heterocycles. The van der Waals surface area contributed by atoms with Gasteiger partial charge in [-0.3, -0.25) is 0 Å². The fourth-order valence-electron chi connectivity index (χ4n) is 2.33. The largest absolute Gasteiger partial charge is 0.493 e. The highest BCUT2D eigenvalue weighted by atomic mass is 19.1. The number of rotatable bonds is 8. The molecule has 124 valence electrons. The van der Waals surface area contributed by atoms with Gasteiger partial charge in [-0.1, -0.05) is 18.2 Å². The average Bonchev–Trinajstić information content (AvgIpc) is 2.54. The van der Waals surface area contributed by atoms with Gasteiger partial charge in [0, 0.05) is 0 Å². The van der Waals surface area contributed by atoms with Gasteiger partial charge >= 0.3 is 0 Å². The number of aryl methyl sites for hydroxylation is 1. The van der Waals surface area contributed by atoms with Crippen molar-refractivity contribution in [1.29, 1.82) is 0 Å². The maximum absolute atomic E-state index is 12.9. The van der Waals surface area contributed by atoms with Crippen molar-refractivity contribution in [2.45, 2.75) is 19.4 Å². The molecule has 0 unspecified atom stereocenters. The lowest BCUT2D eigenvalue weighted by atomic mass is 10.1. The van der Waals surface area contributed by atoms with Gasteiger partial charge in [-0.05, 0) is 68.9 Å². The Morgan fingerprint density at radius 2 is 1.65 bits per heavy atom. The lowest BCUT2D eigenvalue weighted by Crippen LogP contribution is -2.13. The number of halogens is 1. The Kier molecular flexibility index (Phi) is 6.41. The summed E-state index contributed by atoms with van der Waals surface area (Å²) in [6, 6.07) is 12.4. The lowest BCUT2D eigenvalue weighted by molar-refractivity contribution is 0.284. The van der Waals surface area contributed by atoms with Crippen LogP contribution < -0.4 is 9.47 Å². The molecule has 4 heteroatoms. The van der Waals surface area contributed by atoms with Gasteiger partial charge in [0.1, 0.15) is 12.4 Å². The fourth-order valence-corrected chi connectivity index (χ4v) is 2.33. The van der Waals surface area contributed by atoms with E-state index in [1.807, 2.05) is 12.1 Å². The van der Waals surface area contributed by atoms with E-state index in [1.54, 1.807) is 19.2 Å². The molecule has 0 atom stereocenters. The molecule has 0 aliphatic rings. The van der Waals surface area contributed by atoms with Gasteiger partial charge in [0.05, 0.1) is 7.11 Å². The van der Waals surface area contributed by atoms with Crippen molar-refractivity contribution >= 4 is 0 Å². The number of benzene rings is 2. The molecule has 0 fully saturated rings. The summed E-state index contributed by atoms with van der Waals surface area (Å²) >= 11 is 0. The molecule has 2 aromatic rings. The highest BCUT2D eigenvalue weighted by molar-refractivity contribution is 5.43. The zero-order valence-corrected chi connectivity index (χ0v) is 14.0. The van der Waals surface area contributed by atoms with Crippen molar-refractivity contribution in [3.8, 4) is 11.5 Å². The predicted molar refractivity (Wildman–Crippen MR) is 90.6 cm³/mol. The summed E-state index contributed by atoms with van der Waals surface area (Å²) in [7, 11) is 5.78. The lowest BCUT2D eigenvalue weighted by Gasteiger charge is -2.13. The highest BCUT2D eigenvalue weighted by Crippen LogP contribution is 2.29. The molecule has 0 saturated heterocycles. The van der Waals surface area contributed by atoms with Crippen LogP contribution in [0.4, 0.5) is 4.39 Å². The maximum atomic E-state index is 12.9. The maximum Gasteiger partial charge on any atom is 0.161 e. The van der Waals surface area contributed by atoms with Crippen molar-refractivity contribution in [3.63, 3.8) is 0 Å². The van der Waals surface area contributed by atoms with E-state index in [2.05, 4.69) is 25.1 Å². The quantitative estimate of drug-likeness (QED) is 0.737. The molecule has 0 heterocycles. The molecule has 0 saturated carbocycles. The van der Waals surface area contributed by atoms with Crippen LogP contribution in [-0.2, 0) is 13.0 Å². The molecule has 0 aliphatic carbocycles. The van der Waals surface area contributed by atoms with Crippen molar-refractivity contribution < 1.29 is 13.9 Å². The first kappa shape index (κ1) is 17.3. The monoisotopic (exact) mass is 317 g/mol. The normalized spacial score (nSPS) is 10.8. The third kappa shape index (κ3) is 5.57. The average molecular weight is 317 g/mol. The predicted octanol–water partition coefficient (Wildman–Crippen LogP) is 3.91.